The van der Waals surface area contributed by atoms with Crippen molar-refractivity contribution >= 4 is 5.69 Å². The van der Waals surface area contributed by atoms with Gasteiger partial charge in [-0.05, 0) is 29.7 Å². The lowest BCUT2D eigenvalue weighted by Gasteiger charge is -2.42. The summed E-state index contributed by atoms with van der Waals surface area (Å²) in [5.41, 5.74) is 5.95. The summed E-state index contributed by atoms with van der Waals surface area (Å²) in [7, 11) is 0. The fourth-order valence-corrected chi connectivity index (χ4v) is 4.82. The lowest BCUT2D eigenvalue weighted by molar-refractivity contribution is -0.0981. The van der Waals surface area contributed by atoms with Gasteiger partial charge >= 0.3 is 0 Å². The van der Waals surface area contributed by atoms with Gasteiger partial charge in [0.05, 0.1) is 31.3 Å². The Kier molecular flexibility index (Phi) is 4.42. The summed E-state index contributed by atoms with van der Waals surface area (Å²) in [5.74, 6) is 0. The standard InChI is InChI=1S/C25H25NO2/c1-18-11-13-20(14-12-18)25(19-7-3-2-4-8-19)21-9-5-6-10-22(21)26-24(25)23-17-27-15-16-28-23/h2-14,23-24,26H,15-17H2,1H3. The number of hydrogen-bond donors (Lipinski definition) is 1. The lowest BCUT2D eigenvalue weighted by atomic mass is 9.65. The average Bonchev–Trinajstić information content (AvgIpc) is 3.12. The predicted octanol–water partition coefficient (Wildman–Crippen LogP) is 4.54. The van der Waals surface area contributed by atoms with E-state index in [1.165, 1.54) is 27.9 Å². The maximum Gasteiger partial charge on any atom is 0.102 e. The van der Waals surface area contributed by atoms with Gasteiger partial charge < -0.3 is 14.8 Å². The van der Waals surface area contributed by atoms with Crippen LogP contribution in [0.15, 0.2) is 78.9 Å². The van der Waals surface area contributed by atoms with Crippen molar-refractivity contribution < 1.29 is 9.47 Å². The molecular weight excluding hydrogens is 346 g/mol. The Balaban J connectivity index is 1.78. The van der Waals surface area contributed by atoms with Crippen LogP contribution < -0.4 is 5.32 Å². The monoisotopic (exact) mass is 371 g/mol. The van der Waals surface area contributed by atoms with Gasteiger partial charge in [-0.15, -0.1) is 0 Å². The summed E-state index contributed by atoms with van der Waals surface area (Å²) in [5, 5.41) is 3.80. The molecule has 0 amide bonds. The van der Waals surface area contributed by atoms with Crippen LogP contribution in [0.25, 0.3) is 0 Å². The fourth-order valence-electron chi connectivity index (χ4n) is 4.82. The number of benzene rings is 3. The Morgan fingerprint density at radius 1 is 0.821 bits per heavy atom. The van der Waals surface area contributed by atoms with Gasteiger partial charge in [0.1, 0.15) is 6.10 Å². The van der Waals surface area contributed by atoms with Crippen LogP contribution in [-0.2, 0) is 14.9 Å². The number of hydrogen-bond acceptors (Lipinski definition) is 3. The molecule has 3 heteroatoms. The third kappa shape index (κ3) is 2.66. The van der Waals surface area contributed by atoms with Crippen LogP contribution in [0.3, 0.4) is 0 Å². The smallest absolute Gasteiger partial charge is 0.102 e. The molecule has 0 radical (unpaired) electrons. The number of fused-ring (bicyclic) bond motifs is 1. The van der Waals surface area contributed by atoms with Crippen molar-refractivity contribution in [1.29, 1.82) is 0 Å². The zero-order valence-electron chi connectivity index (χ0n) is 16.1. The lowest BCUT2D eigenvalue weighted by Crippen LogP contribution is -2.52. The quantitative estimate of drug-likeness (QED) is 0.733. The van der Waals surface area contributed by atoms with Crippen LogP contribution in [0.5, 0.6) is 0 Å². The summed E-state index contributed by atoms with van der Waals surface area (Å²) >= 11 is 0. The van der Waals surface area contributed by atoms with E-state index in [4.69, 9.17) is 9.47 Å². The topological polar surface area (TPSA) is 30.5 Å². The normalized spacial score (nSPS) is 26.5. The Morgan fingerprint density at radius 3 is 2.29 bits per heavy atom. The second kappa shape index (κ2) is 7.08. The summed E-state index contributed by atoms with van der Waals surface area (Å²) in [6.07, 6.45) is -0.0253. The van der Waals surface area contributed by atoms with Crippen molar-refractivity contribution in [1.82, 2.24) is 0 Å². The summed E-state index contributed by atoms with van der Waals surface area (Å²) in [4.78, 5) is 0. The van der Waals surface area contributed by atoms with Crippen LogP contribution in [0.1, 0.15) is 22.3 Å². The van der Waals surface area contributed by atoms with Gasteiger partial charge in [0.25, 0.3) is 0 Å². The van der Waals surface area contributed by atoms with Crippen LogP contribution in [0.4, 0.5) is 5.69 Å². The minimum absolute atomic E-state index is 0.0253. The molecule has 28 heavy (non-hydrogen) atoms. The molecule has 2 heterocycles. The van der Waals surface area contributed by atoms with Crippen molar-refractivity contribution in [2.45, 2.75) is 24.5 Å². The van der Waals surface area contributed by atoms with Crippen molar-refractivity contribution in [3.63, 3.8) is 0 Å². The van der Waals surface area contributed by atoms with Gasteiger partial charge in [0.15, 0.2) is 0 Å². The van der Waals surface area contributed by atoms with E-state index in [0.29, 0.717) is 19.8 Å². The molecule has 1 saturated heterocycles. The highest BCUT2D eigenvalue weighted by Crippen LogP contribution is 2.51. The molecular formula is C25H25NO2. The molecule has 0 spiro atoms. The van der Waals surface area contributed by atoms with Crippen molar-refractivity contribution in [2.24, 2.45) is 0 Å². The zero-order chi connectivity index (χ0) is 19.0. The first-order chi connectivity index (χ1) is 13.8. The Bertz CT molecular complexity index is 948. The fraction of sp³-hybridized carbons (Fsp3) is 0.280. The van der Waals surface area contributed by atoms with E-state index in [1.807, 2.05) is 0 Å². The van der Waals surface area contributed by atoms with E-state index in [1.54, 1.807) is 0 Å². The van der Waals surface area contributed by atoms with Gasteiger partial charge in [0.2, 0.25) is 0 Å². The van der Waals surface area contributed by atoms with Gasteiger partial charge in [0, 0.05) is 5.69 Å². The highest BCUT2D eigenvalue weighted by Gasteiger charge is 2.53. The summed E-state index contributed by atoms with van der Waals surface area (Å²) in [6.45, 7) is 4.04. The number of anilines is 1. The third-order valence-electron chi connectivity index (χ3n) is 6.08. The van der Waals surface area contributed by atoms with Gasteiger partial charge in [-0.25, -0.2) is 0 Å². The molecule has 5 rings (SSSR count). The highest BCUT2D eigenvalue weighted by molar-refractivity contribution is 5.71. The Hall–Kier alpha value is -2.62. The number of ether oxygens (including phenoxy) is 2. The van der Waals surface area contributed by atoms with Crippen molar-refractivity contribution in [2.75, 3.05) is 25.1 Å². The van der Waals surface area contributed by atoms with Crippen LogP contribution in [0.2, 0.25) is 0 Å². The Labute approximate surface area is 166 Å². The molecule has 1 fully saturated rings. The molecule has 0 aromatic heterocycles. The van der Waals surface area contributed by atoms with E-state index in [2.05, 4.69) is 91.1 Å². The van der Waals surface area contributed by atoms with E-state index < -0.39 is 0 Å². The van der Waals surface area contributed by atoms with E-state index >= 15 is 0 Å². The average molecular weight is 371 g/mol. The summed E-state index contributed by atoms with van der Waals surface area (Å²) in [6, 6.07) is 28.4. The first-order valence-electron chi connectivity index (χ1n) is 9.98. The van der Waals surface area contributed by atoms with Crippen molar-refractivity contribution in [3.8, 4) is 0 Å². The van der Waals surface area contributed by atoms with Crippen LogP contribution >= 0.6 is 0 Å². The predicted molar refractivity (Wildman–Crippen MR) is 112 cm³/mol. The zero-order valence-corrected chi connectivity index (χ0v) is 16.1. The molecule has 3 aromatic carbocycles. The van der Waals surface area contributed by atoms with Gasteiger partial charge in [-0.1, -0.05) is 78.4 Å². The van der Waals surface area contributed by atoms with Crippen molar-refractivity contribution in [3.05, 3.63) is 101 Å². The van der Waals surface area contributed by atoms with E-state index in [-0.39, 0.29) is 17.6 Å². The molecule has 2 aliphatic rings. The molecule has 3 unspecified atom stereocenters. The number of aryl methyl sites for hydroxylation is 1. The van der Waals surface area contributed by atoms with Crippen LogP contribution in [-0.4, -0.2) is 32.0 Å². The highest BCUT2D eigenvalue weighted by atomic mass is 16.6. The molecule has 2 aliphatic heterocycles. The number of rotatable bonds is 3. The van der Waals surface area contributed by atoms with Gasteiger partial charge in [-0.3, -0.25) is 0 Å². The second-order valence-corrected chi connectivity index (χ2v) is 7.69. The maximum atomic E-state index is 6.23. The molecule has 0 bridgehead atoms. The first kappa shape index (κ1) is 17.5. The molecule has 142 valence electrons. The maximum absolute atomic E-state index is 6.23. The third-order valence-corrected chi connectivity index (χ3v) is 6.08. The number of para-hydroxylation sites is 1. The SMILES string of the molecule is Cc1ccc(C2(c3ccccc3)c3ccccc3NC2C2COCCO2)cc1. The molecule has 0 aliphatic carbocycles. The minimum Gasteiger partial charge on any atom is -0.378 e. The number of nitrogens with one attached hydrogen (secondary N) is 1. The largest absolute Gasteiger partial charge is 0.378 e. The minimum atomic E-state index is -0.336. The molecule has 3 nitrogen and oxygen atoms in total. The van der Waals surface area contributed by atoms with Crippen LogP contribution in [0, 0.1) is 6.92 Å². The molecule has 3 atom stereocenters. The molecule has 0 saturated carbocycles. The van der Waals surface area contributed by atoms with E-state index in [0.717, 1.165) is 0 Å². The summed E-state index contributed by atoms with van der Waals surface area (Å²) < 4.78 is 12.0. The Morgan fingerprint density at radius 2 is 1.54 bits per heavy atom. The molecule has 1 N–H and O–H groups in total. The first-order valence-corrected chi connectivity index (χ1v) is 9.98. The second-order valence-electron chi connectivity index (χ2n) is 7.69. The van der Waals surface area contributed by atoms with E-state index in [9.17, 15) is 0 Å². The van der Waals surface area contributed by atoms with Gasteiger partial charge in [-0.2, -0.15) is 0 Å². The molecule has 3 aromatic rings.